The van der Waals surface area contributed by atoms with Gasteiger partial charge in [-0.15, -0.1) is 10.2 Å². The molecule has 2 heterocycles. The number of carbonyl (C=O) groups is 1. The lowest BCUT2D eigenvalue weighted by atomic mass is 10.3. The second-order valence-corrected chi connectivity index (χ2v) is 4.19. The molecule has 2 aromatic heterocycles. The van der Waals surface area contributed by atoms with Crippen molar-refractivity contribution in [2.45, 2.75) is 12.8 Å². The van der Waals surface area contributed by atoms with Crippen LogP contribution in [0.4, 0.5) is 0 Å². The fourth-order valence-electron chi connectivity index (χ4n) is 1.18. The summed E-state index contributed by atoms with van der Waals surface area (Å²) in [5.74, 6) is -0.819. The summed E-state index contributed by atoms with van der Waals surface area (Å²) in [6.45, 7) is 0. The highest BCUT2D eigenvalue weighted by Gasteiger charge is 2.07. The second kappa shape index (κ2) is 4.80. The molecule has 82 valence electrons. The predicted molar refractivity (Wildman–Crippen MR) is 59.1 cm³/mol. The molecule has 16 heavy (non-hydrogen) atoms. The first-order valence-electron chi connectivity index (χ1n) is 4.70. The molecular weight excluding hydrogens is 226 g/mol. The number of aryl methyl sites for hydroxylation is 1. The minimum absolute atomic E-state index is 0.0883. The summed E-state index contributed by atoms with van der Waals surface area (Å²) < 4.78 is 0. The van der Waals surface area contributed by atoms with Gasteiger partial charge in [-0.05, 0) is 12.1 Å². The summed E-state index contributed by atoms with van der Waals surface area (Å²) >= 11 is 1.41. The van der Waals surface area contributed by atoms with Gasteiger partial charge in [0.2, 0.25) is 0 Å². The maximum absolute atomic E-state index is 10.4. The van der Waals surface area contributed by atoms with E-state index in [0.717, 1.165) is 15.6 Å². The highest BCUT2D eigenvalue weighted by molar-refractivity contribution is 7.14. The van der Waals surface area contributed by atoms with Crippen molar-refractivity contribution >= 4 is 17.3 Å². The minimum atomic E-state index is -0.819. The van der Waals surface area contributed by atoms with Crippen molar-refractivity contribution in [1.82, 2.24) is 15.2 Å². The molecule has 5 nitrogen and oxygen atoms in total. The molecule has 2 aromatic rings. The van der Waals surface area contributed by atoms with E-state index in [0.29, 0.717) is 6.42 Å². The highest BCUT2D eigenvalue weighted by atomic mass is 32.1. The van der Waals surface area contributed by atoms with E-state index in [4.69, 9.17) is 5.11 Å². The number of hydrogen-bond acceptors (Lipinski definition) is 5. The van der Waals surface area contributed by atoms with E-state index >= 15 is 0 Å². The average molecular weight is 235 g/mol. The van der Waals surface area contributed by atoms with Gasteiger partial charge in [0.05, 0.1) is 6.42 Å². The molecule has 0 saturated carbocycles. The summed E-state index contributed by atoms with van der Waals surface area (Å²) in [6, 6.07) is 3.70. The topological polar surface area (TPSA) is 76.0 Å². The third-order valence-corrected chi connectivity index (χ3v) is 2.98. The van der Waals surface area contributed by atoms with Crippen LogP contribution in [0.2, 0.25) is 0 Å². The average Bonchev–Trinajstić information content (AvgIpc) is 2.76. The van der Waals surface area contributed by atoms with Crippen LogP contribution >= 0.6 is 11.3 Å². The van der Waals surface area contributed by atoms with Crippen molar-refractivity contribution in [3.05, 3.63) is 29.5 Å². The van der Waals surface area contributed by atoms with Gasteiger partial charge in [-0.3, -0.25) is 9.78 Å². The molecule has 2 rings (SSSR count). The first-order valence-corrected chi connectivity index (χ1v) is 5.52. The van der Waals surface area contributed by atoms with E-state index in [1.54, 1.807) is 12.4 Å². The predicted octanol–water partition coefficient (Wildman–Crippen LogP) is 1.62. The largest absolute Gasteiger partial charge is 0.481 e. The van der Waals surface area contributed by atoms with Crippen molar-refractivity contribution in [3.8, 4) is 10.6 Å². The number of aromatic nitrogens is 3. The summed E-state index contributed by atoms with van der Waals surface area (Å²) in [6.07, 6.45) is 3.89. The summed E-state index contributed by atoms with van der Waals surface area (Å²) in [4.78, 5) is 14.3. The van der Waals surface area contributed by atoms with Crippen LogP contribution in [-0.2, 0) is 11.2 Å². The molecule has 1 N–H and O–H groups in total. The number of carboxylic acids is 1. The van der Waals surface area contributed by atoms with Crippen LogP contribution in [0.25, 0.3) is 10.6 Å². The lowest BCUT2D eigenvalue weighted by Crippen LogP contribution is -1.96. The number of rotatable bonds is 4. The van der Waals surface area contributed by atoms with Crippen molar-refractivity contribution in [3.63, 3.8) is 0 Å². The van der Waals surface area contributed by atoms with Gasteiger partial charge in [0.1, 0.15) is 10.0 Å². The van der Waals surface area contributed by atoms with Crippen LogP contribution in [0.3, 0.4) is 0 Å². The van der Waals surface area contributed by atoms with Crippen LogP contribution in [-0.4, -0.2) is 26.3 Å². The van der Waals surface area contributed by atoms with E-state index in [1.165, 1.54) is 11.3 Å². The molecular formula is C10H9N3O2S. The van der Waals surface area contributed by atoms with E-state index in [-0.39, 0.29) is 6.42 Å². The molecule has 0 fully saturated rings. The van der Waals surface area contributed by atoms with E-state index < -0.39 is 5.97 Å². The molecule has 0 amide bonds. The third-order valence-electron chi connectivity index (χ3n) is 1.95. The van der Waals surface area contributed by atoms with Gasteiger partial charge in [0.25, 0.3) is 0 Å². The molecule has 0 aromatic carbocycles. The van der Waals surface area contributed by atoms with Gasteiger partial charge in [-0.25, -0.2) is 0 Å². The Labute approximate surface area is 95.8 Å². The standard InChI is InChI=1S/C10H9N3O2S/c14-9(15)2-1-8-12-13-10(16-8)7-3-5-11-6-4-7/h3-6H,1-2H2,(H,14,15). The quantitative estimate of drug-likeness (QED) is 0.871. The third kappa shape index (κ3) is 2.60. The first-order chi connectivity index (χ1) is 7.75. The Morgan fingerprint density at radius 1 is 1.31 bits per heavy atom. The fraction of sp³-hybridized carbons (Fsp3) is 0.200. The lowest BCUT2D eigenvalue weighted by molar-refractivity contribution is -0.136. The van der Waals surface area contributed by atoms with Crippen LogP contribution in [0, 0.1) is 0 Å². The number of nitrogens with zero attached hydrogens (tertiary/aromatic N) is 3. The van der Waals surface area contributed by atoms with Gasteiger partial charge in [0.15, 0.2) is 0 Å². The van der Waals surface area contributed by atoms with E-state index in [1.807, 2.05) is 12.1 Å². The molecule has 6 heteroatoms. The molecule has 0 bridgehead atoms. The SMILES string of the molecule is O=C(O)CCc1nnc(-c2ccncc2)s1. The van der Waals surface area contributed by atoms with Crippen molar-refractivity contribution < 1.29 is 9.90 Å². The van der Waals surface area contributed by atoms with Crippen LogP contribution in [0.15, 0.2) is 24.5 Å². The van der Waals surface area contributed by atoms with Crippen LogP contribution < -0.4 is 0 Å². The Morgan fingerprint density at radius 2 is 2.06 bits per heavy atom. The molecule has 0 atom stereocenters. The van der Waals surface area contributed by atoms with Crippen LogP contribution in [0.1, 0.15) is 11.4 Å². The maximum Gasteiger partial charge on any atom is 0.303 e. The van der Waals surface area contributed by atoms with E-state index in [9.17, 15) is 4.79 Å². The van der Waals surface area contributed by atoms with Gasteiger partial charge < -0.3 is 5.11 Å². The smallest absolute Gasteiger partial charge is 0.303 e. The molecule has 0 spiro atoms. The molecule has 0 aliphatic heterocycles. The number of pyridine rings is 1. The lowest BCUT2D eigenvalue weighted by Gasteiger charge is -1.91. The summed E-state index contributed by atoms with van der Waals surface area (Å²) in [7, 11) is 0. The Hall–Kier alpha value is -1.82. The normalized spacial score (nSPS) is 10.2. The Morgan fingerprint density at radius 3 is 2.75 bits per heavy atom. The molecule has 0 aliphatic carbocycles. The van der Waals surface area contributed by atoms with Crippen molar-refractivity contribution in [2.24, 2.45) is 0 Å². The monoisotopic (exact) mass is 235 g/mol. The van der Waals surface area contributed by atoms with Crippen molar-refractivity contribution in [2.75, 3.05) is 0 Å². The zero-order valence-electron chi connectivity index (χ0n) is 8.33. The van der Waals surface area contributed by atoms with Crippen molar-refractivity contribution in [1.29, 1.82) is 0 Å². The van der Waals surface area contributed by atoms with E-state index in [2.05, 4.69) is 15.2 Å². The Bertz CT molecular complexity index is 484. The Balaban J connectivity index is 2.11. The second-order valence-electron chi connectivity index (χ2n) is 3.13. The molecule has 0 saturated heterocycles. The zero-order chi connectivity index (χ0) is 11.4. The number of aliphatic carboxylic acids is 1. The van der Waals surface area contributed by atoms with Gasteiger partial charge in [-0.2, -0.15) is 0 Å². The number of carboxylic acid groups (broad SMARTS) is 1. The molecule has 0 radical (unpaired) electrons. The van der Waals surface area contributed by atoms with Crippen LogP contribution in [0.5, 0.6) is 0 Å². The molecule has 0 unspecified atom stereocenters. The van der Waals surface area contributed by atoms with Gasteiger partial charge in [-0.1, -0.05) is 11.3 Å². The minimum Gasteiger partial charge on any atom is -0.481 e. The fourth-order valence-corrected chi connectivity index (χ4v) is 2.02. The number of hydrogen-bond donors (Lipinski definition) is 1. The highest BCUT2D eigenvalue weighted by Crippen LogP contribution is 2.23. The summed E-state index contributed by atoms with van der Waals surface area (Å²) in [5, 5.41) is 18.0. The Kier molecular flexibility index (Phi) is 3.21. The first kappa shape index (κ1) is 10.7. The van der Waals surface area contributed by atoms with Gasteiger partial charge >= 0.3 is 5.97 Å². The van der Waals surface area contributed by atoms with Gasteiger partial charge in [0, 0.05) is 24.4 Å². The molecule has 0 aliphatic rings. The maximum atomic E-state index is 10.4. The zero-order valence-corrected chi connectivity index (χ0v) is 9.15. The summed E-state index contributed by atoms with van der Waals surface area (Å²) in [5.41, 5.74) is 0.953.